The van der Waals surface area contributed by atoms with Crippen LogP contribution in [-0.2, 0) is 6.54 Å². The molecule has 0 bridgehead atoms. The van der Waals surface area contributed by atoms with Gasteiger partial charge in [0, 0.05) is 12.2 Å². The van der Waals surface area contributed by atoms with E-state index >= 15 is 0 Å². The van der Waals surface area contributed by atoms with Gasteiger partial charge in [0.2, 0.25) is 0 Å². The van der Waals surface area contributed by atoms with Crippen LogP contribution in [0, 0.1) is 0 Å². The maximum absolute atomic E-state index is 12.2. The summed E-state index contributed by atoms with van der Waals surface area (Å²) in [5.41, 5.74) is 13.5. The van der Waals surface area contributed by atoms with Crippen molar-refractivity contribution in [3.63, 3.8) is 0 Å². The van der Waals surface area contributed by atoms with E-state index in [2.05, 4.69) is 21.6 Å². The van der Waals surface area contributed by atoms with E-state index in [0.29, 0.717) is 17.9 Å². The number of nitrogens with zero attached hydrogens (tertiary/aromatic N) is 1. The van der Waals surface area contributed by atoms with Crippen LogP contribution in [0.1, 0.15) is 16.1 Å². The van der Waals surface area contributed by atoms with E-state index in [1.54, 1.807) is 24.3 Å². The van der Waals surface area contributed by atoms with Crippen molar-refractivity contribution in [3.05, 3.63) is 81.2 Å². The van der Waals surface area contributed by atoms with E-state index < -0.39 is 5.91 Å². The first-order chi connectivity index (χ1) is 12.4. The minimum Gasteiger partial charge on any atom is -0.384 e. The quantitative estimate of drug-likeness (QED) is 0.522. The van der Waals surface area contributed by atoms with Crippen molar-refractivity contribution < 1.29 is 4.79 Å². The Bertz CT molecular complexity index is 872. The van der Waals surface area contributed by atoms with Gasteiger partial charge in [-0.05, 0) is 35.3 Å². The molecule has 9 heteroatoms. The van der Waals surface area contributed by atoms with Crippen LogP contribution in [0.2, 0.25) is 9.36 Å². The number of nitrogens with two attached hydrogens (primary N) is 2. The fourth-order valence-electron chi connectivity index (χ4n) is 1.97. The average molecular weight is 410 g/mol. The Labute approximate surface area is 165 Å². The maximum Gasteiger partial charge on any atom is 0.276 e. The van der Waals surface area contributed by atoms with Gasteiger partial charge in [-0.15, -0.1) is 0 Å². The molecule has 0 fully saturated rings. The number of carbonyl (C=O) groups is 1. The van der Waals surface area contributed by atoms with E-state index in [1.807, 2.05) is 18.2 Å². The molecule has 0 aliphatic rings. The smallest absolute Gasteiger partial charge is 0.276 e. The largest absolute Gasteiger partial charge is 0.384 e. The molecule has 0 atom stereocenters. The summed E-state index contributed by atoms with van der Waals surface area (Å²) in [6.45, 7) is 4.06. The molecule has 1 aromatic heterocycles. The predicted molar refractivity (Wildman–Crippen MR) is 108 cm³/mol. The fourth-order valence-corrected chi connectivity index (χ4v) is 2.97. The molecule has 6 nitrogen and oxygen atoms in total. The molecule has 6 N–H and O–H groups in total. The topological polar surface area (TPSA) is 106 Å². The number of hydrogen-bond acceptors (Lipinski definition) is 6. The van der Waals surface area contributed by atoms with Gasteiger partial charge in [0.25, 0.3) is 5.91 Å². The second kappa shape index (κ2) is 9.28. The van der Waals surface area contributed by atoms with E-state index in [4.69, 9.17) is 34.7 Å². The van der Waals surface area contributed by atoms with Crippen molar-refractivity contribution in [2.24, 2.45) is 11.5 Å². The van der Waals surface area contributed by atoms with Crippen molar-refractivity contribution in [1.82, 2.24) is 9.69 Å². The SMILES string of the molecule is C=C/C=C\C(NCc1cccc(NC(=O)c2nsc(Cl)c2Cl)c1)=C(N)N. The molecule has 0 saturated heterocycles. The third kappa shape index (κ3) is 5.26. The number of hydrogen-bond donors (Lipinski definition) is 4. The number of nitrogens with one attached hydrogen (secondary N) is 2. The van der Waals surface area contributed by atoms with Crippen molar-refractivity contribution in [2.75, 3.05) is 5.32 Å². The van der Waals surface area contributed by atoms with Crippen molar-refractivity contribution in [2.45, 2.75) is 6.54 Å². The minimum atomic E-state index is -0.427. The summed E-state index contributed by atoms with van der Waals surface area (Å²) in [5.74, 6) is -0.258. The third-order valence-corrected chi connectivity index (χ3v) is 4.80. The van der Waals surface area contributed by atoms with Crippen LogP contribution in [0.4, 0.5) is 5.69 Å². The van der Waals surface area contributed by atoms with Crippen LogP contribution in [0.15, 0.2) is 60.6 Å². The Morgan fingerprint density at radius 1 is 1.35 bits per heavy atom. The van der Waals surface area contributed by atoms with Gasteiger partial charge in [-0.3, -0.25) is 4.79 Å². The predicted octanol–water partition coefficient (Wildman–Crippen LogP) is 3.62. The molecule has 0 unspecified atom stereocenters. The van der Waals surface area contributed by atoms with E-state index in [1.165, 1.54) is 0 Å². The first-order valence-electron chi connectivity index (χ1n) is 7.41. The lowest BCUT2D eigenvalue weighted by Gasteiger charge is -2.10. The molecular weight excluding hydrogens is 393 g/mol. The average Bonchev–Trinajstić information content (AvgIpc) is 2.94. The summed E-state index contributed by atoms with van der Waals surface area (Å²) >= 11 is 12.8. The standard InChI is InChI=1S/C17H17Cl2N5OS/c1-2-3-7-12(16(20)21)22-9-10-5-4-6-11(8-10)23-17(25)14-13(18)15(19)26-24-14/h2-8,22H,1,9,20-21H2,(H,23,25)/b7-3-. The van der Waals surface area contributed by atoms with Crippen LogP contribution in [-0.4, -0.2) is 10.3 Å². The van der Waals surface area contributed by atoms with Gasteiger partial charge in [-0.1, -0.05) is 54.1 Å². The van der Waals surface area contributed by atoms with Crippen LogP contribution in [0.25, 0.3) is 0 Å². The highest BCUT2D eigenvalue weighted by molar-refractivity contribution is 7.11. The normalized spacial score (nSPS) is 10.5. The number of anilines is 1. The van der Waals surface area contributed by atoms with E-state index in [-0.39, 0.29) is 20.9 Å². The van der Waals surface area contributed by atoms with Crippen LogP contribution in [0.3, 0.4) is 0 Å². The van der Waals surface area contributed by atoms with Gasteiger partial charge < -0.3 is 22.1 Å². The Kier molecular flexibility index (Phi) is 7.08. The van der Waals surface area contributed by atoms with Gasteiger partial charge in [0.1, 0.15) is 15.2 Å². The zero-order chi connectivity index (χ0) is 19.1. The first kappa shape index (κ1) is 19.8. The maximum atomic E-state index is 12.2. The molecule has 2 aromatic rings. The lowest BCUT2D eigenvalue weighted by Crippen LogP contribution is -2.21. The summed E-state index contributed by atoms with van der Waals surface area (Å²) in [4.78, 5) is 12.2. The molecule has 0 radical (unpaired) electrons. The number of rotatable bonds is 7. The fraction of sp³-hybridized carbons (Fsp3) is 0.0588. The highest BCUT2D eigenvalue weighted by Gasteiger charge is 2.17. The highest BCUT2D eigenvalue weighted by Crippen LogP contribution is 2.29. The Balaban J connectivity index is 2.07. The van der Waals surface area contributed by atoms with Gasteiger partial charge in [0.05, 0.1) is 5.70 Å². The van der Waals surface area contributed by atoms with Crippen LogP contribution in [0.5, 0.6) is 0 Å². The number of halogens is 2. The molecule has 0 saturated carbocycles. The number of aromatic nitrogens is 1. The molecule has 0 aliphatic heterocycles. The van der Waals surface area contributed by atoms with Gasteiger partial charge in [-0.25, -0.2) is 0 Å². The van der Waals surface area contributed by atoms with Crippen molar-refractivity contribution in [1.29, 1.82) is 0 Å². The number of benzene rings is 1. The van der Waals surface area contributed by atoms with Gasteiger partial charge in [0.15, 0.2) is 5.69 Å². The zero-order valence-electron chi connectivity index (χ0n) is 13.6. The van der Waals surface area contributed by atoms with Crippen LogP contribution >= 0.6 is 34.7 Å². The zero-order valence-corrected chi connectivity index (χ0v) is 16.0. The summed E-state index contributed by atoms with van der Waals surface area (Å²) in [7, 11) is 0. The van der Waals surface area contributed by atoms with Crippen molar-refractivity contribution >= 4 is 46.3 Å². The molecular formula is C17H17Cl2N5OS. The number of carbonyl (C=O) groups excluding carboxylic acids is 1. The number of allylic oxidation sites excluding steroid dienone is 3. The molecule has 1 aromatic carbocycles. The summed E-state index contributed by atoms with van der Waals surface area (Å²) < 4.78 is 4.22. The van der Waals surface area contributed by atoms with E-state index in [9.17, 15) is 4.79 Å². The highest BCUT2D eigenvalue weighted by atomic mass is 35.5. The lowest BCUT2D eigenvalue weighted by molar-refractivity contribution is 0.102. The van der Waals surface area contributed by atoms with E-state index in [0.717, 1.165) is 17.1 Å². The molecule has 1 amide bonds. The molecule has 2 rings (SSSR count). The monoisotopic (exact) mass is 409 g/mol. The number of amides is 1. The molecule has 136 valence electrons. The van der Waals surface area contributed by atoms with Crippen molar-refractivity contribution in [3.8, 4) is 0 Å². The van der Waals surface area contributed by atoms with Gasteiger partial charge >= 0.3 is 0 Å². The Morgan fingerprint density at radius 2 is 2.12 bits per heavy atom. The van der Waals surface area contributed by atoms with Crippen LogP contribution < -0.4 is 22.1 Å². The first-order valence-corrected chi connectivity index (χ1v) is 8.94. The lowest BCUT2D eigenvalue weighted by atomic mass is 10.2. The molecule has 0 spiro atoms. The third-order valence-electron chi connectivity index (χ3n) is 3.19. The Hall–Kier alpha value is -2.48. The second-order valence-electron chi connectivity index (χ2n) is 5.09. The van der Waals surface area contributed by atoms with Gasteiger partial charge in [-0.2, -0.15) is 4.37 Å². The summed E-state index contributed by atoms with van der Waals surface area (Å²) in [5, 5.41) is 6.02. The molecule has 0 aliphatic carbocycles. The second-order valence-corrected chi connectivity index (χ2v) is 6.84. The Morgan fingerprint density at radius 3 is 2.73 bits per heavy atom. The summed E-state index contributed by atoms with van der Waals surface area (Å²) in [6.07, 6.45) is 5.07. The minimum absolute atomic E-state index is 0.0980. The summed E-state index contributed by atoms with van der Waals surface area (Å²) in [6, 6.07) is 7.29. The molecule has 1 heterocycles. The molecule has 26 heavy (non-hydrogen) atoms.